The molecule has 18 heavy (non-hydrogen) atoms. The maximum absolute atomic E-state index is 11.5. The molecular formula is C12H16N2O4. The minimum absolute atomic E-state index is 0.00811. The lowest BCUT2D eigenvalue weighted by molar-refractivity contribution is -0.140. The first kappa shape index (κ1) is 12.6. The van der Waals surface area contributed by atoms with Gasteiger partial charge in [0.2, 0.25) is 5.91 Å². The molecular weight excluding hydrogens is 236 g/mol. The third-order valence-corrected chi connectivity index (χ3v) is 2.88. The second kappa shape index (κ2) is 5.68. The van der Waals surface area contributed by atoms with E-state index in [9.17, 15) is 9.59 Å². The Hall–Kier alpha value is -1.82. The molecule has 1 aromatic heterocycles. The molecule has 0 radical (unpaired) electrons. The third kappa shape index (κ3) is 3.59. The molecule has 0 saturated heterocycles. The van der Waals surface area contributed by atoms with Crippen LogP contribution in [0.5, 0.6) is 0 Å². The molecule has 1 heterocycles. The van der Waals surface area contributed by atoms with Crippen LogP contribution >= 0.6 is 0 Å². The van der Waals surface area contributed by atoms with Gasteiger partial charge in [0.15, 0.2) is 0 Å². The van der Waals surface area contributed by atoms with Crippen LogP contribution in [0.4, 0.5) is 0 Å². The fraction of sp³-hybridized carbons (Fsp3) is 0.500. The smallest absolute Gasteiger partial charge is 0.320 e. The molecule has 0 bridgehead atoms. The van der Waals surface area contributed by atoms with Gasteiger partial charge in [-0.2, -0.15) is 0 Å². The fourth-order valence-electron chi connectivity index (χ4n) is 1.75. The standard InChI is InChI=1S/C12H16N2O4/c15-10(13-6-9-2-1-5-18-9)7-14-11(12(16)17)8-3-4-8/h1-2,5,8,11,14H,3-4,6-7H2,(H,13,15)(H,16,17). The number of carboxylic acid groups (broad SMARTS) is 1. The van der Waals surface area contributed by atoms with Crippen molar-refractivity contribution in [3.05, 3.63) is 24.2 Å². The van der Waals surface area contributed by atoms with Crippen molar-refractivity contribution in [1.82, 2.24) is 10.6 Å². The molecule has 0 spiro atoms. The summed E-state index contributed by atoms with van der Waals surface area (Å²) in [5.41, 5.74) is 0. The Morgan fingerprint density at radius 3 is 2.83 bits per heavy atom. The zero-order chi connectivity index (χ0) is 13.0. The van der Waals surface area contributed by atoms with E-state index in [2.05, 4.69) is 10.6 Å². The first-order valence-corrected chi connectivity index (χ1v) is 5.92. The highest BCUT2D eigenvalue weighted by molar-refractivity contribution is 5.80. The third-order valence-electron chi connectivity index (χ3n) is 2.88. The number of nitrogens with one attached hydrogen (secondary N) is 2. The van der Waals surface area contributed by atoms with Crippen LogP contribution in [-0.4, -0.2) is 29.6 Å². The van der Waals surface area contributed by atoms with Crippen molar-refractivity contribution in [1.29, 1.82) is 0 Å². The molecule has 1 amide bonds. The topological polar surface area (TPSA) is 91.6 Å². The van der Waals surface area contributed by atoms with Gasteiger partial charge in [-0.05, 0) is 30.9 Å². The van der Waals surface area contributed by atoms with Crippen molar-refractivity contribution in [2.45, 2.75) is 25.4 Å². The molecule has 2 rings (SSSR count). The highest BCUT2D eigenvalue weighted by Gasteiger charge is 2.36. The van der Waals surface area contributed by atoms with Crippen LogP contribution in [0, 0.1) is 5.92 Å². The lowest BCUT2D eigenvalue weighted by atomic mass is 10.2. The minimum Gasteiger partial charge on any atom is -0.480 e. The van der Waals surface area contributed by atoms with E-state index in [-0.39, 0.29) is 18.4 Å². The average molecular weight is 252 g/mol. The highest BCUT2D eigenvalue weighted by Crippen LogP contribution is 2.32. The maximum atomic E-state index is 11.5. The lowest BCUT2D eigenvalue weighted by Gasteiger charge is -2.12. The molecule has 1 saturated carbocycles. The minimum atomic E-state index is -0.892. The van der Waals surface area contributed by atoms with Crippen molar-refractivity contribution in [2.75, 3.05) is 6.54 Å². The number of carbonyl (C=O) groups excluding carboxylic acids is 1. The number of aliphatic carboxylic acids is 1. The van der Waals surface area contributed by atoms with Gasteiger partial charge in [0, 0.05) is 0 Å². The fourth-order valence-corrected chi connectivity index (χ4v) is 1.75. The summed E-state index contributed by atoms with van der Waals surface area (Å²) < 4.78 is 5.07. The van der Waals surface area contributed by atoms with Crippen molar-refractivity contribution in [3.8, 4) is 0 Å². The quantitative estimate of drug-likeness (QED) is 0.651. The molecule has 1 atom stereocenters. The van der Waals surface area contributed by atoms with Crippen molar-refractivity contribution in [2.24, 2.45) is 5.92 Å². The van der Waals surface area contributed by atoms with Crippen molar-refractivity contribution < 1.29 is 19.1 Å². The van der Waals surface area contributed by atoms with Crippen LogP contribution in [0.15, 0.2) is 22.8 Å². The second-order valence-electron chi connectivity index (χ2n) is 4.39. The van der Waals surface area contributed by atoms with E-state index in [1.807, 2.05) is 0 Å². The van der Waals surface area contributed by atoms with Gasteiger partial charge in [-0.15, -0.1) is 0 Å². The number of rotatable bonds is 7. The Bertz CT molecular complexity index is 412. The van der Waals surface area contributed by atoms with E-state index in [1.54, 1.807) is 12.1 Å². The normalized spacial score (nSPS) is 16.2. The van der Waals surface area contributed by atoms with Gasteiger partial charge in [0.1, 0.15) is 11.8 Å². The van der Waals surface area contributed by atoms with Gasteiger partial charge in [-0.25, -0.2) is 0 Å². The van der Waals surface area contributed by atoms with E-state index in [1.165, 1.54) is 6.26 Å². The van der Waals surface area contributed by atoms with Gasteiger partial charge >= 0.3 is 5.97 Å². The Morgan fingerprint density at radius 1 is 1.50 bits per heavy atom. The number of carboxylic acids is 1. The summed E-state index contributed by atoms with van der Waals surface area (Å²) >= 11 is 0. The largest absolute Gasteiger partial charge is 0.480 e. The number of amides is 1. The maximum Gasteiger partial charge on any atom is 0.320 e. The zero-order valence-corrected chi connectivity index (χ0v) is 9.89. The first-order valence-electron chi connectivity index (χ1n) is 5.92. The van der Waals surface area contributed by atoms with Crippen LogP contribution < -0.4 is 10.6 Å². The molecule has 0 aromatic carbocycles. The monoisotopic (exact) mass is 252 g/mol. The van der Waals surface area contributed by atoms with Gasteiger partial charge in [0.05, 0.1) is 19.4 Å². The van der Waals surface area contributed by atoms with Crippen LogP contribution in [0.3, 0.4) is 0 Å². The van der Waals surface area contributed by atoms with Crippen molar-refractivity contribution >= 4 is 11.9 Å². The molecule has 1 aliphatic carbocycles. The second-order valence-corrected chi connectivity index (χ2v) is 4.39. The van der Waals surface area contributed by atoms with E-state index in [4.69, 9.17) is 9.52 Å². The summed E-state index contributed by atoms with van der Waals surface area (Å²) in [6.07, 6.45) is 3.36. The van der Waals surface area contributed by atoms with Crippen LogP contribution in [0.1, 0.15) is 18.6 Å². The van der Waals surface area contributed by atoms with E-state index < -0.39 is 12.0 Å². The zero-order valence-electron chi connectivity index (χ0n) is 9.89. The summed E-state index contributed by atoms with van der Waals surface area (Å²) in [4.78, 5) is 22.4. The molecule has 6 heteroatoms. The molecule has 3 N–H and O–H groups in total. The van der Waals surface area contributed by atoms with Gasteiger partial charge in [-0.1, -0.05) is 0 Å². The number of hydrogen-bond donors (Lipinski definition) is 3. The highest BCUT2D eigenvalue weighted by atomic mass is 16.4. The lowest BCUT2D eigenvalue weighted by Crippen LogP contribution is -2.44. The molecule has 6 nitrogen and oxygen atoms in total. The van der Waals surface area contributed by atoms with E-state index >= 15 is 0 Å². The first-order chi connectivity index (χ1) is 8.66. The molecule has 0 aliphatic heterocycles. The number of furan rings is 1. The molecule has 1 aromatic rings. The molecule has 1 unspecified atom stereocenters. The summed E-state index contributed by atoms with van der Waals surface area (Å²) in [6, 6.07) is 2.89. The summed E-state index contributed by atoms with van der Waals surface area (Å²) in [5, 5.41) is 14.4. The summed E-state index contributed by atoms with van der Waals surface area (Å²) in [5.74, 6) is -0.296. The molecule has 98 valence electrons. The molecule has 1 aliphatic rings. The van der Waals surface area contributed by atoms with Crippen LogP contribution in [0.2, 0.25) is 0 Å². The summed E-state index contributed by atoms with van der Waals surface area (Å²) in [6.45, 7) is 0.322. The number of hydrogen-bond acceptors (Lipinski definition) is 4. The van der Waals surface area contributed by atoms with E-state index in [0.29, 0.717) is 12.3 Å². The SMILES string of the molecule is O=C(CNC(C(=O)O)C1CC1)NCc1ccco1. The Labute approximate surface area is 104 Å². The predicted octanol–water partition coefficient (Wildman–Crippen LogP) is 0.349. The summed E-state index contributed by atoms with van der Waals surface area (Å²) in [7, 11) is 0. The van der Waals surface area contributed by atoms with Crippen LogP contribution in [-0.2, 0) is 16.1 Å². The van der Waals surface area contributed by atoms with Gasteiger partial charge in [-0.3, -0.25) is 14.9 Å². The number of carbonyl (C=O) groups is 2. The Kier molecular flexibility index (Phi) is 3.99. The Balaban J connectivity index is 1.69. The predicted molar refractivity (Wildman–Crippen MR) is 62.7 cm³/mol. The van der Waals surface area contributed by atoms with Crippen LogP contribution in [0.25, 0.3) is 0 Å². The van der Waals surface area contributed by atoms with Gasteiger partial charge in [0.25, 0.3) is 0 Å². The van der Waals surface area contributed by atoms with Crippen molar-refractivity contribution in [3.63, 3.8) is 0 Å². The molecule has 1 fully saturated rings. The Morgan fingerprint density at radius 2 is 2.28 bits per heavy atom. The van der Waals surface area contributed by atoms with Gasteiger partial charge < -0.3 is 14.8 Å². The average Bonchev–Trinajstić information content (AvgIpc) is 3.02. The van der Waals surface area contributed by atoms with E-state index in [0.717, 1.165) is 12.8 Å².